The zero-order valence-electron chi connectivity index (χ0n) is 11.0. The first-order chi connectivity index (χ1) is 9.20. The van der Waals surface area contributed by atoms with Crippen LogP contribution in [0.15, 0.2) is 12.7 Å². The van der Waals surface area contributed by atoms with Gasteiger partial charge >= 0.3 is 6.03 Å². The third-order valence-corrected chi connectivity index (χ3v) is 5.03. The van der Waals surface area contributed by atoms with Crippen LogP contribution in [0.3, 0.4) is 0 Å². The quantitative estimate of drug-likeness (QED) is 0.371. The fraction of sp³-hybridized carbons (Fsp3) is 0.692. The number of carbonyl (C=O) groups is 2. The Morgan fingerprint density at radius 3 is 3.11 bits per heavy atom. The van der Waals surface area contributed by atoms with Crippen LogP contribution in [0.5, 0.6) is 0 Å². The predicted octanol–water partition coefficient (Wildman–Crippen LogP) is 1.01. The van der Waals surface area contributed by atoms with E-state index in [0.717, 1.165) is 25.0 Å². The number of thioether (sulfide) groups is 1. The molecule has 2 aliphatic heterocycles. The molecule has 0 spiro atoms. The molecule has 0 aromatic heterocycles. The number of amides is 3. The number of nitrogens with one attached hydrogen (secondary N) is 3. The number of carbonyl (C=O) groups excluding carboxylic acids is 2. The maximum Gasteiger partial charge on any atom is 0.315 e. The van der Waals surface area contributed by atoms with Crippen LogP contribution in [-0.4, -0.2) is 41.6 Å². The molecule has 19 heavy (non-hydrogen) atoms. The first-order valence-electron chi connectivity index (χ1n) is 6.77. The number of hydrogen-bond acceptors (Lipinski definition) is 3. The number of rotatable bonds is 7. The predicted molar refractivity (Wildman–Crippen MR) is 77.2 cm³/mol. The number of hydrogen-bond donors (Lipinski definition) is 3. The van der Waals surface area contributed by atoms with Gasteiger partial charge in [-0.05, 0) is 12.8 Å². The van der Waals surface area contributed by atoms with E-state index in [1.807, 2.05) is 11.8 Å². The van der Waals surface area contributed by atoms with E-state index in [0.29, 0.717) is 24.3 Å². The summed E-state index contributed by atoms with van der Waals surface area (Å²) < 4.78 is 0. The zero-order chi connectivity index (χ0) is 13.7. The summed E-state index contributed by atoms with van der Waals surface area (Å²) in [5, 5.41) is 9.18. The second-order valence-electron chi connectivity index (χ2n) is 4.96. The van der Waals surface area contributed by atoms with Gasteiger partial charge in [-0.25, -0.2) is 4.79 Å². The van der Waals surface area contributed by atoms with Crippen LogP contribution >= 0.6 is 11.8 Å². The smallest absolute Gasteiger partial charge is 0.315 e. The minimum Gasteiger partial charge on any atom is -0.353 e. The molecule has 0 unspecified atom stereocenters. The van der Waals surface area contributed by atoms with Gasteiger partial charge < -0.3 is 16.0 Å². The SMILES string of the molecule is C=CCNC(=O)CCCC[C@@H]1SC[C@@H]2NC(=O)N[C@@H]21. The highest BCUT2D eigenvalue weighted by Crippen LogP contribution is 2.33. The summed E-state index contributed by atoms with van der Waals surface area (Å²) in [6, 6.07) is 0.523. The highest BCUT2D eigenvalue weighted by Gasteiger charge is 2.42. The molecule has 2 rings (SSSR count). The minimum absolute atomic E-state index is 0.0379. The fourth-order valence-corrected chi connectivity index (χ4v) is 4.09. The van der Waals surface area contributed by atoms with E-state index in [2.05, 4.69) is 22.5 Å². The summed E-state index contributed by atoms with van der Waals surface area (Å²) >= 11 is 1.92. The largest absolute Gasteiger partial charge is 0.353 e. The van der Waals surface area contributed by atoms with Gasteiger partial charge in [0, 0.05) is 24.0 Å². The van der Waals surface area contributed by atoms with Crippen LogP contribution in [0, 0.1) is 0 Å². The molecular formula is C13H21N3O2S. The van der Waals surface area contributed by atoms with Gasteiger partial charge in [-0.2, -0.15) is 11.8 Å². The van der Waals surface area contributed by atoms with Crippen molar-refractivity contribution in [3.8, 4) is 0 Å². The molecule has 0 radical (unpaired) electrons. The average Bonchev–Trinajstić information content (AvgIpc) is 2.92. The Balaban J connectivity index is 1.60. The van der Waals surface area contributed by atoms with Gasteiger partial charge in [0.05, 0.1) is 12.1 Å². The molecule has 2 aliphatic rings. The van der Waals surface area contributed by atoms with Gasteiger partial charge in [0.25, 0.3) is 0 Å². The number of fused-ring (bicyclic) bond motifs is 1. The Morgan fingerprint density at radius 1 is 1.47 bits per heavy atom. The summed E-state index contributed by atoms with van der Waals surface area (Å²) in [5.41, 5.74) is 0. The first-order valence-corrected chi connectivity index (χ1v) is 7.82. The van der Waals surface area contributed by atoms with Crippen molar-refractivity contribution in [1.82, 2.24) is 16.0 Å². The van der Waals surface area contributed by atoms with Crippen LogP contribution < -0.4 is 16.0 Å². The van der Waals surface area contributed by atoms with E-state index in [1.54, 1.807) is 6.08 Å². The molecule has 0 aliphatic carbocycles. The Hall–Kier alpha value is -1.17. The molecule has 0 saturated carbocycles. The molecule has 2 fully saturated rings. The molecule has 3 atom stereocenters. The molecule has 3 N–H and O–H groups in total. The fourth-order valence-electron chi connectivity index (χ4n) is 2.55. The molecule has 0 aromatic rings. The van der Waals surface area contributed by atoms with Crippen molar-refractivity contribution in [3.63, 3.8) is 0 Å². The summed E-state index contributed by atoms with van der Waals surface area (Å²) in [7, 11) is 0. The molecule has 6 heteroatoms. The topological polar surface area (TPSA) is 70.2 Å². The van der Waals surface area contributed by atoms with Crippen molar-refractivity contribution in [2.45, 2.75) is 43.0 Å². The van der Waals surface area contributed by atoms with E-state index >= 15 is 0 Å². The average molecular weight is 283 g/mol. The second kappa shape index (κ2) is 6.84. The van der Waals surface area contributed by atoms with E-state index < -0.39 is 0 Å². The lowest BCUT2D eigenvalue weighted by Gasteiger charge is -2.16. The highest BCUT2D eigenvalue weighted by atomic mass is 32.2. The standard InChI is InChI=1S/C13H21N3O2S/c1-2-7-14-11(17)6-4-3-5-10-12-9(8-19-10)15-13(18)16-12/h2,9-10,12H,1,3-8H2,(H,14,17)(H2,15,16,18)/t9-,10-,12-/m0/s1. The minimum atomic E-state index is -0.0379. The van der Waals surface area contributed by atoms with Gasteiger partial charge in [0.15, 0.2) is 0 Å². The van der Waals surface area contributed by atoms with Crippen LogP contribution in [-0.2, 0) is 4.79 Å². The first kappa shape index (κ1) is 14.2. The lowest BCUT2D eigenvalue weighted by molar-refractivity contribution is -0.121. The Bertz CT molecular complexity index is 362. The maximum atomic E-state index is 11.4. The van der Waals surface area contributed by atoms with Crippen LogP contribution in [0.2, 0.25) is 0 Å². The van der Waals surface area contributed by atoms with Crippen molar-refractivity contribution in [2.75, 3.05) is 12.3 Å². The van der Waals surface area contributed by atoms with Crippen molar-refractivity contribution in [3.05, 3.63) is 12.7 Å². The number of unbranched alkanes of at least 4 members (excludes halogenated alkanes) is 1. The van der Waals surface area contributed by atoms with Crippen LogP contribution in [0.25, 0.3) is 0 Å². The van der Waals surface area contributed by atoms with Crippen molar-refractivity contribution in [1.29, 1.82) is 0 Å². The van der Waals surface area contributed by atoms with E-state index in [4.69, 9.17) is 0 Å². The third-order valence-electron chi connectivity index (χ3n) is 3.52. The zero-order valence-corrected chi connectivity index (χ0v) is 11.8. The van der Waals surface area contributed by atoms with Gasteiger partial charge in [-0.15, -0.1) is 6.58 Å². The molecule has 0 aromatic carbocycles. The van der Waals surface area contributed by atoms with Crippen LogP contribution in [0.1, 0.15) is 25.7 Å². The molecule has 2 saturated heterocycles. The maximum absolute atomic E-state index is 11.4. The van der Waals surface area contributed by atoms with Gasteiger partial charge in [-0.1, -0.05) is 12.5 Å². The summed E-state index contributed by atoms with van der Waals surface area (Å²) in [6.07, 6.45) is 5.24. The van der Waals surface area contributed by atoms with E-state index in [1.165, 1.54) is 0 Å². The van der Waals surface area contributed by atoms with Gasteiger partial charge in [0.2, 0.25) is 5.91 Å². The molecule has 106 valence electrons. The lowest BCUT2D eigenvalue weighted by atomic mass is 10.0. The normalized spacial score (nSPS) is 28.4. The van der Waals surface area contributed by atoms with E-state index in [-0.39, 0.29) is 18.0 Å². The highest BCUT2D eigenvalue weighted by molar-refractivity contribution is 8.00. The summed E-state index contributed by atoms with van der Waals surface area (Å²) in [4.78, 5) is 22.6. The summed E-state index contributed by atoms with van der Waals surface area (Å²) in [5.74, 6) is 1.08. The van der Waals surface area contributed by atoms with Gasteiger partial charge in [-0.3, -0.25) is 4.79 Å². The Morgan fingerprint density at radius 2 is 2.32 bits per heavy atom. The van der Waals surface area contributed by atoms with Crippen molar-refractivity contribution >= 4 is 23.7 Å². The van der Waals surface area contributed by atoms with Gasteiger partial charge in [0.1, 0.15) is 0 Å². The van der Waals surface area contributed by atoms with E-state index in [9.17, 15) is 9.59 Å². The third kappa shape index (κ3) is 3.89. The summed E-state index contributed by atoms with van der Waals surface area (Å²) in [6.45, 7) is 4.10. The lowest BCUT2D eigenvalue weighted by Crippen LogP contribution is -2.36. The second-order valence-corrected chi connectivity index (χ2v) is 6.23. The molecule has 0 bridgehead atoms. The number of urea groups is 1. The van der Waals surface area contributed by atoms with Crippen molar-refractivity contribution in [2.24, 2.45) is 0 Å². The molecular weight excluding hydrogens is 262 g/mol. The Labute approximate surface area is 118 Å². The van der Waals surface area contributed by atoms with Crippen molar-refractivity contribution < 1.29 is 9.59 Å². The molecule has 3 amide bonds. The monoisotopic (exact) mass is 283 g/mol. The Kier molecular flexibility index (Phi) is 5.13. The molecule has 2 heterocycles. The van der Waals surface area contributed by atoms with Crippen LogP contribution in [0.4, 0.5) is 4.79 Å². The molecule has 5 nitrogen and oxygen atoms in total.